The normalized spacial score (nSPS) is 17.1. The van der Waals surface area contributed by atoms with Gasteiger partial charge >= 0.3 is 0 Å². The summed E-state index contributed by atoms with van der Waals surface area (Å²) in [6.45, 7) is 4.14. The molecule has 3 rings (SSSR count). The van der Waals surface area contributed by atoms with Gasteiger partial charge in [-0.3, -0.25) is 9.59 Å². The number of hydrogen-bond acceptors (Lipinski definition) is 3. The second kappa shape index (κ2) is 7.17. The first kappa shape index (κ1) is 17.3. The summed E-state index contributed by atoms with van der Waals surface area (Å²) in [5, 5.41) is 0. The van der Waals surface area contributed by atoms with Crippen LogP contribution >= 0.6 is 0 Å². The fourth-order valence-electron chi connectivity index (χ4n) is 3.52. The van der Waals surface area contributed by atoms with Gasteiger partial charge in [0.05, 0.1) is 6.42 Å². The first-order valence-corrected chi connectivity index (χ1v) is 8.54. The molecule has 2 aromatic rings. The fraction of sp³-hybridized carbons (Fsp3) is 0.421. The van der Waals surface area contributed by atoms with Crippen molar-refractivity contribution >= 4 is 5.91 Å². The van der Waals surface area contributed by atoms with Crippen molar-refractivity contribution in [2.45, 2.75) is 45.6 Å². The number of nitrogens with one attached hydrogen (secondary N) is 1. The van der Waals surface area contributed by atoms with Gasteiger partial charge in [0.1, 0.15) is 11.6 Å². The molecular weight excluding hydrogens is 321 g/mol. The maximum Gasteiger partial charge on any atom is 0.254 e. The quantitative estimate of drug-likeness (QED) is 0.926. The molecule has 1 N–H and O–H groups in total. The van der Waals surface area contributed by atoms with E-state index in [1.165, 1.54) is 12.1 Å². The van der Waals surface area contributed by atoms with E-state index < -0.39 is 0 Å². The zero-order valence-electron chi connectivity index (χ0n) is 14.5. The second-order valence-electron chi connectivity index (χ2n) is 6.61. The molecule has 0 bridgehead atoms. The predicted octanol–water partition coefficient (Wildman–Crippen LogP) is 2.30. The van der Waals surface area contributed by atoms with Crippen molar-refractivity contribution in [3.63, 3.8) is 0 Å². The van der Waals surface area contributed by atoms with Crippen LogP contribution in [0.2, 0.25) is 0 Å². The minimum Gasteiger partial charge on any atom is -0.339 e. The molecule has 1 atom stereocenters. The first-order chi connectivity index (χ1) is 11.9. The van der Waals surface area contributed by atoms with Crippen molar-refractivity contribution in [1.29, 1.82) is 0 Å². The summed E-state index contributed by atoms with van der Waals surface area (Å²) < 4.78 is 13.4. The molecule has 1 aliphatic heterocycles. The van der Waals surface area contributed by atoms with Gasteiger partial charge in [0, 0.05) is 23.8 Å². The van der Waals surface area contributed by atoms with Gasteiger partial charge in [-0.15, -0.1) is 0 Å². The highest BCUT2D eigenvalue weighted by Gasteiger charge is 2.29. The smallest absolute Gasteiger partial charge is 0.254 e. The molecule has 5 nitrogen and oxygen atoms in total. The van der Waals surface area contributed by atoms with E-state index in [0.29, 0.717) is 30.0 Å². The van der Waals surface area contributed by atoms with E-state index in [1.807, 2.05) is 11.0 Å². The Morgan fingerprint density at radius 3 is 2.92 bits per heavy atom. The van der Waals surface area contributed by atoms with Crippen molar-refractivity contribution in [3.8, 4) is 0 Å². The highest BCUT2D eigenvalue weighted by Crippen LogP contribution is 2.22. The number of aromatic nitrogens is 2. The lowest BCUT2D eigenvalue weighted by atomic mass is 10.0. The summed E-state index contributed by atoms with van der Waals surface area (Å²) in [6, 6.07) is 6.54. The van der Waals surface area contributed by atoms with Gasteiger partial charge in [0.25, 0.3) is 5.56 Å². The lowest BCUT2D eigenvalue weighted by molar-refractivity contribution is -0.131. The molecule has 0 spiro atoms. The summed E-state index contributed by atoms with van der Waals surface area (Å²) in [5.74, 6) is 0.211. The first-order valence-electron chi connectivity index (χ1n) is 8.54. The summed E-state index contributed by atoms with van der Waals surface area (Å²) in [7, 11) is 0. The molecule has 0 saturated carbocycles. The zero-order valence-corrected chi connectivity index (χ0v) is 14.5. The third-order valence-corrected chi connectivity index (χ3v) is 4.73. The lowest BCUT2D eigenvalue weighted by Gasteiger charge is -2.25. The van der Waals surface area contributed by atoms with Crippen LogP contribution in [0, 0.1) is 19.7 Å². The molecule has 0 radical (unpaired) electrons. The third-order valence-electron chi connectivity index (χ3n) is 4.73. The molecule has 1 amide bonds. The second-order valence-corrected chi connectivity index (χ2v) is 6.61. The van der Waals surface area contributed by atoms with Crippen molar-refractivity contribution in [2.75, 3.05) is 6.54 Å². The molecule has 25 heavy (non-hydrogen) atoms. The Labute approximate surface area is 145 Å². The van der Waals surface area contributed by atoms with Crippen molar-refractivity contribution in [1.82, 2.24) is 14.9 Å². The Bertz CT molecular complexity index is 847. The van der Waals surface area contributed by atoms with Crippen LogP contribution in [0.1, 0.15) is 35.5 Å². The molecule has 6 heteroatoms. The predicted molar refractivity (Wildman–Crippen MR) is 92.9 cm³/mol. The number of amides is 1. The minimum absolute atomic E-state index is 0.0482. The highest BCUT2D eigenvalue weighted by molar-refractivity contribution is 5.79. The summed E-state index contributed by atoms with van der Waals surface area (Å²) in [6.07, 6.45) is 2.50. The van der Waals surface area contributed by atoms with Gasteiger partial charge in [0.2, 0.25) is 5.91 Å². The monoisotopic (exact) mass is 343 g/mol. The average molecular weight is 343 g/mol. The Hall–Kier alpha value is -2.50. The number of benzene rings is 1. The maximum absolute atomic E-state index is 13.4. The van der Waals surface area contributed by atoms with E-state index >= 15 is 0 Å². The van der Waals surface area contributed by atoms with Crippen molar-refractivity contribution in [3.05, 3.63) is 63.1 Å². The van der Waals surface area contributed by atoms with Gasteiger partial charge in [-0.05, 0) is 50.8 Å². The Morgan fingerprint density at radius 2 is 2.20 bits per heavy atom. The van der Waals surface area contributed by atoms with Crippen LogP contribution in [0.25, 0.3) is 0 Å². The highest BCUT2D eigenvalue weighted by atomic mass is 19.1. The van der Waals surface area contributed by atoms with E-state index in [0.717, 1.165) is 18.4 Å². The van der Waals surface area contributed by atoms with Crippen LogP contribution in [0.4, 0.5) is 4.39 Å². The van der Waals surface area contributed by atoms with E-state index in [1.54, 1.807) is 19.9 Å². The van der Waals surface area contributed by atoms with Crippen LogP contribution in [0.5, 0.6) is 0 Å². The number of halogens is 1. The molecule has 2 heterocycles. The van der Waals surface area contributed by atoms with E-state index in [4.69, 9.17) is 0 Å². The number of aromatic amines is 1. The minimum atomic E-state index is -0.263. The van der Waals surface area contributed by atoms with Crippen LogP contribution < -0.4 is 5.56 Å². The average Bonchev–Trinajstić information content (AvgIpc) is 2.99. The summed E-state index contributed by atoms with van der Waals surface area (Å²) in [5.41, 5.74) is 1.65. The number of likely N-dealkylation sites (tertiary alicyclic amines) is 1. The SMILES string of the molecule is Cc1nc(C)c(CC(=O)N2CCC[C@H]2Cc2cccc(F)c2)c(=O)[nH]1. The van der Waals surface area contributed by atoms with Gasteiger partial charge in [-0.2, -0.15) is 0 Å². The zero-order chi connectivity index (χ0) is 18.0. The third kappa shape index (κ3) is 3.95. The largest absolute Gasteiger partial charge is 0.339 e. The number of carbonyl (C=O) groups is 1. The molecule has 1 aromatic heterocycles. The van der Waals surface area contributed by atoms with Gasteiger partial charge in [0.15, 0.2) is 0 Å². The lowest BCUT2D eigenvalue weighted by Crippen LogP contribution is -2.39. The molecule has 132 valence electrons. The topological polar surface area (TPSA) is 66.1 Å². The number of H-pyrrole nitrogens is 1. The Balaban J connectivity index is 1.74. The van der Waals surface area contributed by atoms with Crippen molar-refractivity contribution in [2.24, 2.45) is 0 Å². The summed E-state index contributed by atoms with van der Waals surface area (Å²) in [4.78, 5) is 33.6. The number of carbonyl (C=O) groups excluding carboxylic acids is 1. The number of nitrogens with zero attached hydrogens (tertiary/aromatic N) is 2. The molecular formula is C19H22FN3O2. The molecule has 1 saturated heterocycles. The summed E-state index contributed by atoms with van der Waals surface area (Å²) >= 11 is 0. The Morgan fingerprint density at radius 1 is 1.40 bits per heavy atom. The maximum atomic E-state index is 13.4. The van der Waals surface area contributed by atoms with Crippen LogP contribution in [0.15, 0.2) is 29.1 Å². The fourth-order valence-corrected chi connectivity index (χ4v) is 3.52. The van der Waals surface area contributed by atoms with Crippen LogP contribution in [-0.4, -0.2) is 33.4 Å². The Kier molecular flexibility index (Phi) is 4.97. The molecule has 1 aromatic carbocycles. The van der Waals surface area contributed by atoms with Crippen molar-refractivity contribution < 1.29 is 9.18 Å². The number of rotatable bonds is 4. The van der Waals surface area contributed by atoms with Gasteiger partial charge < -0.3 is 9.88 Å². The van der Waals surface area contributed by atoms with Crippen LogP contribution in [-0.2, 0) is 17.6 Å². The van der Waals surface area contributed by atoms with E-state index in [2.05, 4.69) is 9.97 Å². The standard InChI is InChI=1S/C19H22FN3O2/c1-12-17(19(25)22-13(2)21-12)11-18(24)23-8-4-7-16(23)10-14-5-3-6-15(20)9-14/h3,5-6,9,16H,4,7-8,10-11H2,1-2H3,(H,21,22,25)/t16-/m0/s1. The van der Waals surface area contributed by atoms with Gasteiger partial charge in [-0.1, -0.05) is 12.1 Å². The number of hydrogen-bond donors (Lipinski definition) is 1. The van der Waals surface area contributed by atoms with Crippen LogP contribution in [0.3, 0.4) is 0 Å². The van der Waals surface area contributed by atoms with E-state index in [-0.39, 0.29) is 29.7 Å². The molecule has 1 aliphatic rings. The van der Waals surface area contributed by atoms with E-state index in [9.17, 15) is 14.0 Å². The van der Waals surface area contributed by atoms with Gasteiger partial charge in [-0.25, -0.2) is 9.37 Å². The molecule has 0 aliphatic carbocycles. The molecule has 1 fully saturated rings. The molecule has 0 unspecified atom stereocenters. The number of aryl methyl sites for hydroxylation is 2.